The van der Waals surface area contributed by atoms with Gasteiger partial charge >= 0.3 is 0 Å². The van der Waals surface area contributed by atoms with Gasteiger partial charge in [-0.3, -0.25) is 39.1 Å². The molecule has 19 heteroatoms. The number of carbonyl (C=O) groups is 6. The van der Waals surface area contributed by atoms with Crippen LogP contribution in [0, 0.1) is 0 Å². The molecule has 3 fully saturated rings. The molecule has 0 aliphatic carbocycles. The molecule has 5 aromatic rings. The van der Waals surface area contributed by atoms with Crippen LogP contribution in [-0.2, 0) is 19.2 Å². The summed E-state index contributed by atoms with van der Waals surface area (Å²) in [5.41, 5.74) is 2.51. The van der Waals surface area contributed by atoms with E-state index in [0.717, 1.165) is 63.0 Å². The van der Waals surface area contributed by atoms with Gasteiger partial charge in [-0.2, -0.15) is 5.10 Å². The SMILES string of the molecule is O=C1CCC(Nc2ccc(N3CCN(C(=O)CCCCCCCCC(=O)N4CCC(O)(CNC(=O)c5cc(NC(=O)c6cc(-c7ccccn7)c(Cl)cc6Cl)n(-c6ccccc6)n5)CC4)CC3)cc2)C(=O)N1. The lowest BCUT2D eigenvalue weighted by Gasteiger charge is -2.38. The molecule has 3 aliphatic rings. The van der Waals surface area contributed by atoms with Gasteiger partial charge < -0.3 is 35.8 Å². The zero-order valence-corrected chi connectivity index (χ0v) is 41.6. The maximum Gasteiger partial charge on any atom is 0.271 e. The molecule has 1 atom stereocenters. The first kappa shape index (κ1) is 51.5. The van der Waals surface area contributed by atoms with Crippen molar-refractivity contribution in [1.29, 1.82) is 0 Å². The quantitative estimate of drug-likeness (QED) is 0.0410. The van der Waals surface area contributed by atoms with Crippen LogP contribution >= 0.6 is 23.2 Å². The normalized spacial score (nSPS) is 16.8. The Balaban J connectivity index is 0.707. The van der Waals surface area contributed by atoms with Gasteiger partial charge in [0, 0.05) is 94.3 Å². The number of carbonyl (C=O) groups excluding carboxylic acids is 6. The predicted octanol–water partition coefficient (Wildman–Crippen LogP) is 7.26. The third-order valence-corrected chi connectivity index (χ3v) is 14.2. The molecule has 8 rings (SSSR count). The highest BCUT2D eigenvalue weighted by atomic mass is 35.5. The molecule has 1 unspecified atom stereocenters. The fourth-order valence-corrected chi connectivity index (χ4v) is 9.81. The van der Waals surface area contributed by atoms with Gasteiger partial charge in [-0.25, -0.2) is 4.68 Å². The van der Waals surface area contributed by atoms with E-state index < -0.39 is 23.5 Å². The number of pyridine rings is 1. The van der Waals surface area contributed by atoms with E-state index in [1.165, 1.54) is 16.8 Å². The van der Waals surface area contributed by atoms with Crippen molar-refractivity contribution >= 4 is 75.8 Å². The number of hydrogen-bond donors (Lipinski definition) is 5. The Morgan fingerprint density at radius 1 is 0.722 bits per heavy atom. The number of aliphatic hydroxyl groups is 1. The predicted molar refractivity (Wildman–Crippen MR) is 276 cm³/mol. The number of piperazine rings is 1. The zero-order valence-electron chi connectivity index (χ0n) is 40.1. The summed E-state index contributed by atoms with van der Waals surface area (Å²) in [6, 6.07) is 26.4. The van der Waals surface area contributed by atoms with Crippen molar-refractivity contribution in [3.63, 3.8) is 0 Å². The first-order valence-electron chi connectivity index (χ1n) is 24.7. The minimum absolute atomic E-state index is 0.0192. The van der Waals surface area contributed by atoms with E-state index >= 15 is 0 Å². The van der Waals surface area contributed by atoms with E-state index in [9.17, 15) is 33.9 Å². The second-order valence-corrected chi connectivity index (χ2v) is 19.4. The average Bonchev–Trinajstić information content (AvgIpc) is 3.81. The zero-order chi connectivity index (χ0) is 50.6. The molecule has 0 saturated carbocycles. The molecule has 6 amide bonds. The molecule has 2 aromatic heterocycles. The number of halogens is 2. The first-order valence-corrected chi connectivity index (χ1v) is 25.5. The number of amides is 6. The Labute approximate surface area is 428 Å². The first-order chi connectivity index (χ1) is 34.8. The van der Waals surface area contributed by atoms with E-state index in [-0.39, 0.29) is 52.3 Å². The van der Waals surface area contributed by atoms with E-state index in [1.807, 2.05) is 53.4 Å². The van der Waals surface area contributed by atoms with E-state index in [1.54, 1.807) is 41.4 Å². The van der Waals surface area contributed by atoms with Crippen LogP contribution in [0.4, 0.5) is 17.2 Å². The largest absolute Gasteiger partial charge is 0.388 e. The van der Waals surface area contributed by atoms with Gasteiger partial charge in [0.05, 0.1) is 32.6 Å². The Bertz CT molecular complexity index is 2720. The number of likely N-dealkylation sites (tertiary alicyclic amines) is 1. The fourth-order valence-electron chi connectivity index (χ4n) is 9.25. The molecule has 5 N–H and O–H groups in total. The number of hydrogen-bond acceptors (Lipinski definition) is 11. The van der Waals surface area contributed by atoms with Crippen molar-refractivity contribution in [2.75, 3.05) is 61.3 Å². The van der Waals surface area contributed by atoms with Gasteiger partial charge in [0.1, 0.15) is 11.9 Å². The molecule has 378 valence electrons. The van der Waals surface area contributed by atoms with Gasteiger partial charge in [-0.15, -0.1) is 0 Å². The number of anilines is 3. The maximum absolute atomic E-state index is 13.7. The Morgan fingerprint density at radius 2 is 1.38 bits per heavy atom. The monoisotopic (exact) mass is 1020 g/mol. The number of unbranched alkanes of at least 4 members (excludes halogenated alkanes) is 5. The van der Waals surface area contributed by atoms with E-state index in [0.29, 0.717) is 86.7 Å². The summed E-state index contributed by atoms with van der Waals surface area (Å²) in [4.78, 5) is 87.2. The second kappa shape index (κ2) is 24.1. The minimum Gasteiger partial charge on any atom is -0.388 e. The molecular weight excluding hydrogens is 960 g/mol. The number of nitrogens with one attached hydrogen (secondary N) is 4. The lowest BCUT2D eigenvalue weighted by atomic mass is 9.91. The van der Waals surface area contributed by atoms with Gasteiger partial charge in [-0.05, 0) is 92.8 Å². The van der Waals surface area contributed by atoms with Crippen molar-refractivity contribution in [1.82, 2.24) is 35.2 Å². The average molecular weight is 1020 g/mol. The van der Waals surface area contributed by atoms with Crippen LogP contribution in [-0.4, -0.2) is 123 Å². The third kappa shape index (κ3) is 13.4. The fraction of sp³-hybridized carbons (Fsp3) is 0.396. The van der Waals surface area contributed by atoms with Crippen LogP contribution in [0.2, 0.25) is 10.0 Å². The standard InChI is InChI=1S/C53H60Cl2N10O7/c54-41-33-42(55)40(32-39(41)43-14-10-11-25-56-43)50(69)59-46-34-45(61-65(46)38-12-6-5-7-13-38)51(70)57-35-53(72)23-26-63(27-24-53)48(67)15-8-3-1-2-4-9-16-49(68)64-30-28-62(29-31-64)37-19-17-36(18-20-37)58-44-21-22-47(66)60-52(44)71/h5-7,10-14,17-20,25,32-34,44,58,72H,1-4,8-9,15-16,21-24,26-31,35H2,(H,57,70)(H,59,69)(H,60,66,71). The van der Waals surface area contributed by atoms with Crippen LogP contribution in [0.25, 0.3) is 16.9 Å². The number of rotatable bonds is 19. The Kier molecular flexibility index (Phi) is 17.2. The highest BCUT2D eigenvalue weighted by molar-refractivity contribution is 6.38. The van der Waals surface area contributed by atoms with Gasteiger partial charge in [0.25, 0.3) is 11.8 Å². The summed E-state index contributed by atoms with van der Waals surface area (Å²) < 4.78 is 1.45. The molecule has 0 radical (unpaired) electrons. The summed E-state index contributed by atoms with van der Waals surface area (Å²) >= 11 is 13.0. The number of nitrogens with zero attached hydrogens (tertiary/aromatic N) is 6. The van der Waals surface area contributed by atoms with Crippen molar-refractivity contribution in [2.45, 2.75) is 88.7 Å². The van der Waals surface area contributed by atoms with Crippen LogP contribution in [0.1, 0.15) is 97.9 Å². The van der Waals surface area contributed by atoms with E-state index in [4.69, 9.17) is 23.2 Å². The van der Waals surface area contributed by atoms with Crippen molar-refractivity contribution in [2.24, 2.45) is 0 Å². The van der Waals surface area contributed by atoms with Crippen molar-refractivity contribution in [3.8, 4) is 16.9 Å². The minimum atomic E-state index is -1.22. The second-order valence-electron chi connectivity index (χ2n) is 18.6. The Hall–Kier alpha value is -6.82. The van der Waals surface area contributed by atoms with Gasteiger partial charge in [0.15, 0.2) is 5.69 Å². The molecule has 3 saturated heterocycles. The van der Waals surface area contributed by atoms with Gasteiger partial charge in [0.2, 0.25) is 23.6 Å². The maximum atomic E-state index is 13.7. The van der Waals surface area contributed by atoms with Crippen LogP contribution in [0.15, 0.2) is 97.2 Å². The highest BCUT2D eigenvalue weighted by Crippen LogP contribution is 2.33. The molecule has 0 bridgehead atoms. The van der Waals surface area contributed by atoms with Crippen LogP contribution in [0.3, 0.4) is 0 Å². The molecular formula is C53H60Cl2N10O7. The van der Waals surface area contributed by atoms with Crippen LogP contribution < -0.4 is 26.2 Å². The summed E-state index contributed by atoms with van der Waals surface area (Å²) in [6.07, 6.45) is 9.46. The number of piperidine rings is 2. The number of benzene rings is 3. The topological polar surface area (TPSA) is 211 Å². The van der Waals surface area contributed by atoms with E-state index in [2.05, 4.69) is 36.2 Å². The lowest BCUT2D eigenvalue weighted by molar-refractivity contribution is -0.136. The highest BCUT2D eigenvalue weighted by Gasteiger charge is 2.35. The number of imide groups is 1. The number of aromatic nitrogens is 3. The summed E-state index contributed by atoms with van der Waals surface area (Å²) in [5, 5.41) is 27.6. The molecule has 0 spiro atoms. The number of para-hydroxylation sites is 1. The molecule has 17 nitrogen and oxygen atoms in total. The molecule has 5 heterocycles. The summed E-state index contributed by atoms with van der Waals surface area (Å²) in [6.45, 7) is 3.54. The summed E-state index contributed by atoms with van der Waals surface area (Å²) in [5.74, 6) is -1.18. The van der Waals surface area contributed by atoms with Gasteiger partial charge in [-0.1, -0.05) is 73.2 Å². The molecule has 72 heavy (non-hydrogen) atoms. The summed E-state index contributed by atoms with van der Waals surface area (Å²) in [7, 11) is 0. The van der Waals surface area contributed by atoms with Crippen molar-refractivity contribution in [3.05, 3.63) is 118 Å². The van der Waals surface area contributed by atoms with Crippen LogP contribution in [0.5, 0.6) is 0 Å². The smallest absolute Gasteiger partial charge is 0.271 e. The Morgan fingerprint density at radius 3 is 2.03 bits per heavy atom. The lowest BCUT2D eigenvalue weighted by Crippen LogP contribution is -2.52. The molecule has 3 aromatic carbocycles. The molecule has 3 aliphatic heterocycles. The van der Waals surface area contributed by atoms with Crippen molar-refractivity contribution < 1.29 is 33.9 Å². The third-order valence-electron chi connectivity index (χ3n) is 13.5.